The molecule has 1 aromatic carbocycles. The van der Waals surface area contributed by atoms with E-state index in [1.54, 1.807) is 30.6 Å². The molecule has 0 aliphatic rings. The van der Waals surface area contributed by atoms with E-state index in [9.17, 15) is 4.79 Å². The lowest BCUT2D eigenvalue weighted by Gasteiger charge is -2.14. The van der Waals surface area contributed by atoms with Crippen molar-refractivity contribution >= 4 is 40.9 Å². The Morgan fingerprint density at radius 3 is 2.85 bits per heavy atom. The molecule has 1 atom stereocenters. The molecule has 0 saturated heterocycles. The molecule has 3 rings (SSSR count). The summed E-state index contributed by atoms with van der Waals surface area (Å²) in [5, 5.41) is 12.0. The van der Waals surface area contributed by atoms with Gasteiger partial charge in [0, 0.05) is 12.4 Å². The van der Waals surface area contributed by atoms with E-state index in [-0.39, 0.29) is 17.7 Å². The zero-order valence-corrected chi connectivity index (χ0v) is 16.0. The van der Waals surface area contributed by atoms with E-state index in [1.165, 1.54) is 11.8 Å². The molecule has 6 nitrogen and oxygen atoms in total. The first-order valence-electron chi connectivity index (χ1n) is 7.64. The van der Waals surface area contributed by atoms with E-state index < -0.39 is 0 Å². The molecule has 0 bridgehead atoms. The van der Waals surface area contributed by atoms with E-state index in [4.69, 9.17) is 27.6 Å². The predicted octanol–water partition coefficient (Wildman–Crippen LogP) is 4.41. The molecule has 3 aromatic rings. The van der Waals surface area contributed by atoms with Gasteiger partial charge in [-0.25, -0.2) is 0 Å². The van der Waals surface area contributed by atoms with Crippen LogP contribution in [0.2, 0.25) is 10.0 Å². The van der Waals surface area contributed by atoms with E-state index in [0.29, 0.717) is 21.2 Å². The Labute approximate surface area is 164 Å². The van der Waals surface area contributed by atoms with E-state index in [2.05, 4.69) is 20.5 Å². The Morgan fingerprint density at radius 2 is 2.12 bits per heavy atom. The molecule has 0 fully saturated rings. The minimum atomic E-state index is -0.202. The Balaban J connectivity index is 1.54. The van der Waals surface area contributed by atoms with Crippen LogP contribution in [0.4, 0.5) is 0 Å². The van der Waals surface area contributed by atoms with Gasteiger partial charge < -0.3 is 9.73 Å². The van der Waals surface area contributed by atoms with Gasteiger partial charge in [-0.1, -0.05) is 41.0 Å². The maximum atomic E-state index is 12.1. The number of carbonyl (C=O) groups is 1. The van der Waals surface area contributed by atoms with Crippen molar-refractivity contribution in [3.63, 3.8) is 0 Å². The second kappa shape index (κ2) is 8.53. The van der Waals surface area contributed by atoms with Crippen LogP contribution in [0.3, 0.4) is 0 Å². The predicted molar refractivity (Wildman–Crippen MR) is 101 cm³/mol. The molecule has 1 amide bonds. The number of aromatic nitrogens is 3. The number of hydrogen-bond donors (Lipinski definition) is 1. The Bertz CT molecular complexity index is 905. The van der Waals surface area contributed by atoms with E-state index in [0.717, 1.165) is 11.1 Å². The second-order valence-corrected chi connectivity index (χ2v) is 7.11. The fourth-order valence-electron chi connectivity index (χ4n) is 2.15. The molecule has 0 aliphatic carbocycles. The van der Waals surface area contributed by atoms with Gasteiger partial charge >= 0.3 is 0 Å². The molecule has 0 unspecified atom stereocenters. The number of amides is 1. The third-order valence-corrected chi connectivity index (χ3v) is 5.02. The van der Waals surface area contributed by atoms with Crippen molar-refractivity contribution < 1.29 is 9.21 Å². The van der Waals surface area contributed by atoms with Crippen LogP contribution < -0.4 is 5.32 Å². The topological polar surface area (TPSA) is 80.9 Å². The summed E-state index contributed by atoms with van der Waals surface area (Å²) in [5.74, 6) is 0.361. The molecule has 26 heavy (non-hydrogen) atoms. The first kappa shape index (κ1) is 18.7. The minimum absolute atomic E-state index is 0.153. The van der Waals surface area contributed by atoms with Crippen molar-refractivity contribution in [1.82, 2.24) is 20.5 Å². The van der Waals surface area contributed by atoms with Gasteiger partial charge in [-0.05, 0) is 36.8 Å². The van der Waals surface area contributed by atoms with E-state index in [1.807, 2.05) is 19.1 Å². The summed E-state index contributed by atoms with van der Waals surface area (Å²) in [6, 6.07) is 8.66. The lowest BCUT2D eigenvalue weighted by Crippen LogP contribution is -2.28. The van der Waals surface area contributed by atoms with Crippen molar-refractivity contribution in [3.05, 3.63) is 58.3 Å². The van der Waals surface area contributed by atoms with Crippen LogP contribution in [0.15, 0.2) is 52.4 Å². The fourth-order valence-corrected chi connectivity index (χ4v) is 3.03. The standard InChI is InChI=1S/C17H14Cl2N4O2S/c1-10(11-4-5-13(18)14(19)7-11)21-15(24)9-26-17-23-22-16(25-17)12-3-2-6-20-8-12/h2-8,10H,9H2,1H3,(H,21,24)/t10-/m1/s1. The minimum Gasteiger partial charge on any atom is -0.411 e. The molecule has 0 spiro atoms. The van der Waals surface area contributed by atoms with Gasteiger partial charge in [0.2, 0.25) is 11.8 Å². The molecule has 1 N–H and O–H groups in total. The van der Waals surface area contributed by atoms with Gasteiger partial charge in [0.1, 0.15) is 0 Å². The van der Waals surface area contributed by atoms with Gasteiger partial charge in [0.05, 0.1) is 27.4 Å². The molecular weight excluding hydrogens is 395 g/mol. The summed E-state index contributed by atoms with van der Waals surface area (Å²) in [7, 11) is 0. The zero-order valence-electron chi connectivity index (χ0n) is 13.6. The molecule has 2 heterocycles. The number of halogens is 2. The quantitative estimate of drug-likeness (QED) is 0.608. The van der Waals surface area contributed by atoms with Crippen molar-refractivity contribution in [2.24, 2.45) is 0 Å². The van der Waals surface area contributed by atoms with Crippen LogP contribution in [-0.4, -0.2) is 26.8 Å². The lowest BCUT2D eigenvalue weighted by atomic mass is 10.1. The number of rotatable bonds is 6. The highest BCUT2D eigenvalue weighted by Gasteiger charge is 2.14. The summed E-state index contributed by atoms with van der Waals surface area (Å²) in [6.45, 7) is 1.87. The average Bonchev–Trinajstić information content (AvgIpc) is 3.12. The molecule has 0 radical (unpaired) electrons. The number of nitrogens with one attached hydrogen (secondary N) is 1. The van der Waals surface area contributed by atoms with Crippen LogP contribution in [0.25, 0.3) is 11.5 Å². The second-order valence-electron chi connectivity index (χ2n) is 5.37. The van der Waals surface area contributed by atoms with Crippen LogP contribution >= 0.6 is 35.0 Å². The monoisotopic (exact) mass is 408 g/mol. The highest BCUT2D eigenvalue weighted by atomic mass is 35.5. The SMILES string of the molecule is C[C@@H](NC(=O)CSc1nnc(-c2cccnc2)o1)c1ccc(Cl)c(Cl)c1. The molecule has 9 heteroatoms. The van der Waals surface area contributed by atoms with Crippen molar-refractivity contribution in [2.75, 3.05) is 5.75 Å². The van der Waals surface area contributed by atoms with Gasteiger partial charge in [-0.3, -0.25) is 9.78 Å². The van der Waals surface area contributed by atoms with Gasteiger partial charge in [-0.15, -0.1) is 10.2 Å². The molecule has 134 valence electrons. The van der Waals surface area contributed by atoms with Crippen LogP contribution in [0.1, 0.15) is 18.5 Å². The normalized spacial score (nSPS) is 12.0. The zero-order chi connectivity index (χ0) is 18.5. The van der Waals surface area contributed by atoms with Crippen molar-refractivity contribution in [3.8, 4) is 11.5 Å². The van der Waals surface area contributed by atoms with Crippen molar-refractivity contribution in [1.29, 1.82) is 0 Å². The third-order valence-electron chi connectivity index (χ3n) is 3.46. The number of thioether (sulfide) groups is 1. The lowest BCUT2D eigenvalue weighted by molar-refractivity contribution is -0.119. The molecule has 2 aromatic heterocycles. The summed E-state index contributed by atoms with van der Waals surface area (Å²) in [6.07, 6.45) is 3.29. The third kappa shape index (κ3) is 4.75. The Hall–Kier alpha value is -2.09. The van der Waals surface area contributed by atoms with Crippen LogP contribution in [0.5, 0.6) is 0 Å². The smallest absolute Gasteiger partial charge is 0.277 e. The maximum Gasteiger partial charge on any atom is 0.277 e. The molecule has 0 saturated carbocycles. The number of hydrogen-bond acceptors (Lipinski definition) is 6. The highest BCUT2D eigenvalue weighted by Crippen LogP contribution is 2.26. The Morgan fingerprint density at radius 1 is 1.27 bits per heavy atom. The summed E-state index contributed by atoms with van der Waals surface area (Å²) in [4.78, 5) is 16.1. The van der Waals surface area contributed by atoms with Gasteiger partial charge in [-0.2, -0.15) is 0 Å². The summed E-state index contributed by atoms with van der Waals surface area (Å²) >= 11 is 13.1. The maximum absolute atomic E-state index is 12.1. The van der Waals surface area contributed by atoms with Gasteiger partial charge in [0.15, 0.2) is 0 Å². The largest absolute Gasteiger partial charge is 0.411 e. The fraction of sp³-hybridized carbons (Fsp3) is 0.176. The molecule has 0 aliphatic heterocycles. The number of nitrogens with zero attached hydrogens (tertiary/aromatic N) is 3. The summed E-state index contributed by atoms with van der Waals surface area (Å²) in [5.41, 5.74) is 1.60. The average molecular weight is 409 g/mol. The Kier molecular flexibility index (Phi) is 6.13. The van der Waals surface area contributed by atoms with Gasteiger partial charge in [0.25, 0.3) is 5.22 Å². The summed E-state index contributed by atoms with van der Waals surface area (Å²) < 4.78 is 5.53. The van der Waals surface area contributed by atoms with Crippen molar-refractivity contribution in [2.45, 2.75) is 18.2 Å². The van der Waals surface area contributed by atoms with E-state index >= 15 is 0 Å². The number of carbonyl (C=O) groups excluding carboxylic acids is 1. The number of benzene rings is 1. The molecular formula is C17H14Cl2N4O2S. The highest BCUT2D eigenvalue weighted by molar-refractivity contribution is 7.99. The van der Waals surface area contributed by atoms with Crippen LogP contribution in [0, 0.1) is 0 Å². The first-order chi connectivity index (χ1) is 12.5. The number of pyridine rings is 1. The first-order valence-corrected chi connectivity index (χ1v) is 9.38. The van der Waals surface area contributed by atoms with Crippen LogP contribution in [-0.2, 0) is 4.79 Å².